The molecule has 4 aliphatic rings. The Hall–Kier alpha value is -1.58. The number of aromatic nitrogens is 1. The number of carbonyl (C=O) groups is 1. The maximum absolute atomic E-state index is 12.3. The summed E-state index contributed by atoms with van der Waals surface area (Å²) in [5.74, 6) is 3.15. The number of hydrogen-bond donors (Lipinski definition) is 2. The zero-order valence-electron chi connectivity index (χ0n) is 12.3. The summed E-state index contributed by atoms with van der Waals surface area (Å²) < 4.78 is 0. The van der Waals surface area contributed by atoms with E-state index in [1.807, 2.05) is 0 Å². The molecule has 112 valence electrons. The Morgan fingerprint density at radius 1 is 1.24 bits per heavy atom. The monoisotopic (exact) mass is 285 g/mol. The van der Waals surface area contributed by atoms with E-state index in [4.69, 9.17) is 5.73 Å². The molecule has 1 aromatic heterocycles. The molecule has 0 radical (unpaired) electrons. The molecule has 4 heteroatoms. The second-order valence-corrected chi connectivity index (χ2v) is 7.57. The van der Waals surface area contributed by atoms with Crippen LogP contribution in [0.2, 0.25) is 0 Å². The summed E-state index contributed by atoms with van der Waals surface area (Å²) in [5, 5.41) is 3.16. The fraction of sp³-hybridized carbons (Fsp3) is 0.647. The topological polar surface area (TPSA) is 68.0 Å². The molecule has 0 spiro atoms. The van der Waals surface area contributed by atoms with Crippen molar-refractivity contribution in [2.24, 2.45) is 23.2 Å². The average molecular weight is 285 g/mol. The van der Waals surface area contributed by atoms with Gasteiger partial charge in [0.1, 0.15) is 5.82 Å². The summed E-state index contributed by atoms with van der Waals surface area (Å²) in [5.41, 5.74) is 6.64. The molecule has 4 saturated carbocycles. The second-order valence-electron chi connectivity index (χ2n) is 7.57. The summed E-state index contributed by atoms with van der Waals surface area (Å²) in [4.78, 5) is 16.2. The van der Waals surface area contributed by atoms with Crippen LogP contribution in [0.5, 0.6) is 0 Å². The molecule has 1 heterocycles. The first kappa shape index (κ1) is 13.1. The molecule has 0 aromatic carbocycles. The molecule has 1 aromatic rings. The number of nitrogen functional groups attached to an aromatic ring is 1. The lowest BCUT2D eigenvalue weighted by molar-refractivity contribution is -0.0503. The molecule has 0 unspecified atom stereocenters. The summed E-state index contributed by atoms with van der Waals surface area (Å²) in [6.07, 6.45) is 9.86. The fourth-order valence-corrected chi connectivity index (χ4v) is 5.47. The van der Waals surface area contributed by atoms with Crippen LogP contribution < -0.4 is 11.1 Å². The number of amides is 1. The molecule has 4 bridgehead atoms. The summed E-state index contributed by atoms with van der Waals surface area (Å²) in [6.45, 7) is 0.831. The molecule has 4 nitrogen and oxygen atoms in total. The molecule has 0 saturated heterocycles. The first-order valence-corrected chi connectivity index (χ1v) is 8.12. The molecule has 1 amide bonds. The number of anilines is 1. The van der Waals surface area contributed by atoms with Crippen molar-refractivity contribution < 1.29 is 4.79 Å². The largest absolute Gasteiger partial charge is 0.384 e. The second kappa shape index (κ2) is 4.72. The van der Waals surface area contributed by atoms with Gasteiger partial charge >= 0.3 is 0 Å². The summed E-state index contributed by atoms with van der Waals surface area (Å²) in [6, 6.07) is 3.38. The van der Waals surface area contributed by atoms with Crippen LogP contribution in [0.15, 0.2) is 18.3 Å². The van der Waals surface area contributed by atoms with E-state index >= 15 is 0 Å². The number of hydrogen-bond acceptors (Lipinski definition) is 3. The van der Waals surface area contributed by atoms with Gasteiger partial charge < -0.3 is 11.1 Å². The Bertz CT molecular complexity index is 534. The van der Waals surface area contributed by atoms with Gasteiger partial charge in [0.2, 0.25) is 0 Å². The van der Waals surface area contributed by atoms with Crippen molar-refractivity contribution in [3.8, 4) is 0 Å². The number of pyridine rings is 1. The zero-order chi connectivity index (χ0) is 14.4. The molecule has 0 atom stereocenters. The van der Waals surface area contributed by atoms with Gasteiger partial charge in [-0.05, 0) is 73.8 Å². The van der Waals surface area contributed by atoms with Crippen molar-refractivity contribution in [2.45, 2.75) is 38.5 Å². The normalized spacial score (nSPS) is 36.7. The third-order valence-electron chi connectivity index (χ3n) is 5.83. The molecule has 5 rings (SSSR count). The Morgan fingerprint density at radius 2 is 1.86 bits per heavy atom. The minimum Gasteiger partial charge on any atom is -0.384 e. The van der Waals surface area contributed by atoms with E-state index in [0.717, 1.165) is 24.3 Å². The van der Waals surface area contributed by atoms with Crippen LogP contribution in [0.25, 0.3) is 0 Å². The van der Waals surface area contributed by atoms with Crippen molar-refractivity contribution in [1.82, 2.24) is 10.3 Å². The van der Waals surface area contributed by atoms with Crippen molar-refractivity contribution in [1.29, 1.82) is 0 Å². The van der Waals surface area contributed by atoms with Crippen molar-refractivity contribution >= 4 is 11.7 Å². The highest BCUT2D eigenvalue weighted by atomic mass is 16.1. The lowest BCUT2D eigenvalue weighted by atomic mass is 9.49. The van der Waals surface area contributed by atoms with Gasteiger partial charge in [0.05, 0.1) is 0 Å². The van der Waals surface area contributed by atoms with Gasteiger partial charge in [-0.1, -0.05) is 0 Å². The van der Waals surface area contributed by atoms with Crippen molar-refractivity contribution in [3.05, 3.63) is 23.9 Å². The average Bonchev–Trinajstić information content (AvgIpc) is 2.43. The highest BCUT2D eigenvalue weighted by Crippen LogP contribution is 2.59. The molecular weight excluding hydrogens is 262 g/mol. The molecule has 4 fully saturated rings. The number of nitrogens with one attached hydrogen (secondary N) is 1. The highest BCUT2D eigenvalue weighted by molar-refractivity contribution is 5.94. The SMILES string of the molecule is Nc1cc(C(=O)NCC23CC4CC(CC(C4)C2)C3)ccn1. The zero-order valence-corrected chi connectivity index (χ0v) is 12.3. The van der Waals surface area contributed by atoms with Crippen molar-refractivity contribution in [2.75, 3.05) is 12.3 Å². The number of nitrogens with zero attached hydrogens (tertiary/aromatic N) is 1. The molecule has 4 aliphatic carbocycles. The van der Waals surface area contributed by atoms with Gasteiger partial charge in [-0.25, -0.2) is 4.98 Å². The molecule has 0 aliphatic heterocycles. The summed E-state index contributed by atoms with van der Waals surface area (Å²) in [7, 11) is 0. The minimum absolute atomic E-state index is 0.0140. The molecule has 21 heavy (non-hydrogen) atoms. The van der Waals surface area contributed by atoms with E-state index in [0.29, 0.717) is 16.8 Å². The maximum Gasteiger partial charge on any atom is 0.251 e. The first-order valence-electron chi connectivity index (χ1n) is 8.12. The number of rotatable bonds is 3. The van der Waals surface area contributed by atoms with Crippen LogP contribution in [-0.2, 0) is 0 Å². The van der Waals surface area contributed by atoms with E-state index in [1.165, 1.54) is 38.5 Å². The lowest BCUT2D eigenvalue weighted by Crippen LogP contribution is -2.51. The van der Waals surface area contributed by atoms with Crippen LogP contribution in [-0.4, -0.2) is 17.4 Å². The van der Waals surface area contributed by atoms with E-state index in [9.17, 15) is 4.79 Å². The van der Waals surface area contributed by atoms with Gasteiger partial charge in [0.15, 0.2) is 0 Å². The fourth-order valence-electron chi connectivity index (χ4n) is 5.47. The van der Waals surface area contributed by atoms with Crippen LogP contribution in [0.1, 0.15) is 48.9 Å². The quantitative estimate of drug-likeness (QED) is 0.897. The third-order valence-corrected chi connectivity index (χ3v) is 5.83. The van der Waals surface area contributed by atoms with E-state index in [-0.39, 0.29) is 5.91 Å². The summed E-state index contributed by atoms with van der Waals surface area (Å²) >= 11 is 0. The third kappa shape index (κ3) is 2.41. The Kier molecular flexibility index (Phi) is 2.95. The van der Waals surface area contributed by atoms with Gasteiger partial charge in [0.25, 0.3) is 5.91 Å². The lowest BCUT2D eigenvalue weighted by Gasteiger charge is -2.56. The first-order chi connectivity index (χ1) is 10.1. The van der Waals surface area contributed by atoms with E-state index in [1.54, 1.807) is 18.3 Å². The smallest absolute Gasteiger partial charge is 0.251 e. The van der Waals surface area contributed by atoms with Crippen LogP contribution >= 0.6 is 0 Å². The van der Waals surface area contributed by atoms with Gasteiger partial charge in [-0.3, -0.25) is 4.79 Å². The van der Waals surface area contributed by atoms with Crippen LogP contribution in [0.3, 0.4) is 0 Å². The van der Waals surface area contributed by atoms with E-state index in [2.05, 4.69) is 10.3 Å². The number of carbonyl (C=O) groups excluding carboxylic acids is 1. The molecular formula is C17H23N3O. The van der Waals surface area contributed by atoms with Crippen LogP contribution in [0.4, 0.5) is 5.82 Å². The molecule has 3 N–H and O–H groups in total. The predicted molar refractivity (Wildman–Crippen MR) is 81.6 cm³/mol. The van der Waals surface area contributed by atoms with Gasteiger partial charge in [0, 0.05) is 18.3 Å². The van der Waals surface area contributed by atoms with E-state index < -0.39 is 0 Å². The van der Waals surface area contributed by atoms with Gasteiger partial charge in [-0.15, -0.1) is 0 Å². The standard InChI is InChI=1S/C17H23N3O/c18-15-6-14(1-2-19-15)16(21)20-10-17-7-11-3-12(8-17)5-13(4-11)9-17/h1-2,6,11-13H,3-5,7-10H2,(H2,18,19)(H,20,21). The Morgan fingerprint density at radius 3 is 2.43 bits per heavy atom. The Labute approximate surface area is 125 Å². The predicted octanol–water partition coefficient (Wildman–Crippen LogP) is 2.61. The van der Waals surface area contributed by atoms with Crippen molar-refractivity contribution in [3.63, 3.8) is 0 Å². The maximum atomic E-state index is 12.3. The number of nitrogens with two attached hydrogens (primary N) is 1. The highest BCUT2D eigenvalue weighted by Gasteiger charge is 2.50. The Balaban J connectivity index is 1.44. The van der Waals surface area contributed by atoms with Crippen LogP contribution in [0, 0.1) is 23.2 Å². The minimum atomic E-state index is -0.0140. The van der Waals surface area contributed by atoms with Gasteiger partial charge in [-0.2, -0.15) is 0 Å².